The SMILES string of the molecule is Cc1cccc(C)c1C(=O)O.[Tl]. The van der Waals surface area contributed by atoms with E-state index >= 15 is 0 Å². The van der Waals surface area contributed by atoms with Crippen molar-refractivity contribution in [3.63, 3.8) is 0 Å². The molecule has 0 saturated carbocycles. The largest absolute Gasteiger partial charge is 0.478 e. The number of rotatable bonds is 1. The normalized spacial score (nSPS) is 8.83. The molecule has 1 aromatic rings. The fourth-order valence-electron chi connectivity index (χ4n) is 1.15. The summed E-state index contributed by atoms with van der Waals surface area (Å²) >= 11 is 0. The second-order valence-electron chi connectivity index (χ2n) is 2.57. The molecule has 0 heterocycles. The molecule has 0 unspecified atom stereocenters. The maximum atomic E-state index is 10.6. The van der Waals surface area contributed by atoms with Crippen molar-refractivity contribution in [3.8, 4) is 0 Å². The van der Waals surface area contributed by atoms with Crippen molar-refractivity contribution in [3.05, 3.63) is 34.9 Å². The van der Waals surface area contributed by atoms with Crippen molar-refractivity contribution in [1.29, 1.82) is 0 Å². The van der Waals surface area contributed by atoms with Crippen LogP contribution in [0.2, 0.25) is 0 Å². The third-order valence-corrected chi connectivity index (χ3v) is 1.69. The van der Waals surface area contributed by atoms with E-state index in [1.807, 2.05) is 6.07 Å². The van der Waals surface area contributed by atoms with Gasteiger partial charge in [0.1, 0.15) is 0 Å². The summed E-state index contributed by atoms with van der Waals surface area (Å²) in [5.41, 5.74) is 2.06. The van der Waals surface area contributed by atoms with Crippen LogP contribution in [0.25, 0.3) is 0 Å². The van der Waals surface area contributed by atoms with Crippen molar-refractivity contribution in [1.82, 2.24) is 0 Å². The molecule has 1 aromatic carbocycles. The Morgan fingerprint density at radius 2 is 1.67 bits per heavy atom. The van der Waals surface area contributed by atoms with E-state index in [4.69, 9.17) is 5.11 Å². The molecule has 0 saturated heterocycles. The number of hydrogen-bond acceptors (Lipinski definition) is 1. The number of carboxylic acids is 1. The van der Waals surface area contributed by atoms with Crippen molar-refractivity contribution >= 4 is 33.3 Å². The molecule has 12 heavy (non-hydrogen) atoms. The van der Waals surface area contributed by atoms with Crippen molar-refractivity contribution in [2.45, 2.75) is 13.8 Å². The summed E-state index contributed by atoms with van der Waals surface area (Å²) in [6.45, 7) is 3.60. The Kier molecular flexibility index (Phi) is 4.44. The van der Waals surface area contributed by atoms with Gasteiger partial charge in [-0.25, -0.2) is 4.79 Å². The molecule has 0 aliphatic rings. The van der Waals surface area contributed by atoms with Gasteiger partial charge in [0.05, 0.1) is 5.56 Å². The van der Waals surface area contributed by atoms with Crippen LogP contribution in [0.3, 0.4) is 0 Å². The van der Waals surface area contributed by atoms with E-state index in [0.717, 1.165) is 11.1 Å². The zero-order valence-electron chi connectivity index (χ0n) is 7.16. The third kappa shape index (κ3) is 2.30. The average Bonchev–Trinajstić information content (AvgIpc) is 1.85. The first kappa shape index (κ1) is 11.6. The Hall–Kier alpha value is -0.388. The molecule has 2 nitrogen and oxygen atoms in total. The van der Waals surface area contributed by atoms with Crippen LogP contribution in [0, 0.1) is 13.8 Å². The maximum absolute atomic E-state index is 10.6. The van der Waals surface area contributed by atoms with Gasteiger partial charge in [0.2, 0.25) is 0 Å². The van der Waals surface area contributed by atoms with E-state index in [9.17, 15) is 4.79 Å². The topological polar surface area (TPSA) is 37.3 Å². The Morgan fingerprint density at radius 1 is 1.25 bits per heavy atom. The van der Waals surface area contributed by atoms with Crippen LogP contribution in [0.5, 0.6) is 0 Å². The fourth-order valence-corrected chi connectivity index (χ4v) is 1.15. The molecular formula is C9H10O2Tl. The molecular weight excluding hydrogens is 344 g/mol. The van der Waals surface area contributed by atoms with E-state index in [-0.39, 0.29) is 27.3 Å². The van der Waals surface area contributed by atoms with E-state index < -0.39 is 5.97 Å². The van der Waals surface area contributed by atoms with E-state index in [0.29, 0.717) is 5.56 Å². The zero-order chi connectivity index (χ0) is 8.43. The van der Waals surface area contributed by atoms with Crippen LogP contribution in [0.4, 0.5) is 0 Å². The summed E-state index contributed by atoms with van der Waals surface area (Å²) in [5, 5.41) is 8.75. The van der Waals surface area contributed by atoms with E-state index in [2.05, 4.69) is 0 Å². The molecule has 0 aliphatic heterocycles. The van der Waals surface area contributed by atoms with Gasteiger partial charge in [-0.05, 0) is 25.0 Å². The van der Waals surface area contributed by atoms with Crippen LogP contribution >= 0.6 is 0 Å². The maximum Gasteiger partial charge on any atom is 0.336 e. The van der Waals surface area contributed by atoms with Gasteiger partial charge in [-0.15, -0.1) is 0 Å². The van der Waals surface area contributed by atoms with Gasteiger partial charge in [0, 0.05) is 27.3 Å². The van der Waals surface area contributed by atoms with Crippen LogP contribution < -0.4 is 0 Å². The number of aryl methyl sites for hydroxylation is 2. The summed E-state index contributed by atoms with van der Waals surface area (Å²) < 4.78 is 0. The molecule has 0 fully saturated rings. The minimum absolute atomic E-state index is 0. The van der Waals surface area contributed by atoms with Crippen LogP contribution in [-0.2, 0) is 0 Å². The number of carbonyl (C=O) groups is 1. The quantitative estimate of drug-likeness (QED) is 0.778. The van der Waals surface area contributed by atoms with Crippen LogP contribution in [0.1, 0.15) is 21.5 Å². The molecule has 0 aliphatic carbocycles. The van der Waals surface area contributed by atoms with Gasteiger partial charge < -0.3 is 5.11 Å². The first-order valence-corrected chi connectivity index (χ1v) is 3.42. The van der Waals surface area contributed by atoms with Gasteiger partial charge in [0.25, 0.3) is 0 Å². The molecule has 0 bridgehead atoms. The molecule has 0 amide bonds. The zero-order valence-corrected chi connectivity index (χ0v) is 11.7. The second-order valence-corrected chi connectivity index (χ2v) is 2.57. The molecule has 0 atom stereocenters. The standard InChI is InChI=1S/C9H10O2.Tl/c1-6-4-3-5-7(2)8(6)9(10)11;/h3-5H,1-2H3,(H,10,11);. The fraction of sp³-hybridized carbons (Fsp3) is 0.222. The first-order chi connectivity index (χ1) is 5.13. The number of hydrogen-bond donors (Lipinski definition) is 1. The summed E-state index contributed by atoms with van der Waals surface area (Å²) in [6, 6.07) is 5.46. The van der Waals surface area contributed by atoms with Gasteiger partial charge in [-0.1, -0.05) is 18.2 Å². The average molecular weight is 355 g/mol. The Morgan fingerprint density at radius 3 is 1.92 bits per heavy atom. The minimum Gasteiger partial charge on any atom is -0.478 e. The Balaban J connectivity index is 0.00000121. The molecule has 1 rings (SSSR count). The third-order valence-electron chi connectivity index (χ3n) is 1.69. The summed E-state index contributed by atoms with van der Waals surface area (Å²) in [6.07, 6.45) is 0. The van der Waals surface area contributed by atoms with Gasteiger partial charge in [-0.2, -0.15) is 0 Å². The van der Waals surface area contributed by atoms with Gasteiger partial charge in [-0.3, -0.25) is 0 Å². The predicted molar refractivity (Wildman–Crippen MR) is 48.6 cm³/mol. The molecule has 61 valence electrons. The molecule has 0 spiro atoms. The van der Waals surface area contributed by atoms with Crippen molar-refractivity contribution < 1.29 is 9.90 Å². The monoisotopic (exact) mass is 355 g/mol. The van der Waals surface area contributed by atoms with Crippen molar-refractivity contribution in [2.75, 3.05) is 0 Å². The summed E-state index contributed by atoms with van der Waals surface area (Å²) in [7, 11) is 0. The first-order valence-electron chi connectivity index (χ1n) is 3.42. The van der Waals surface area contributed by atoms with E-state index in [1.54, 1.807) is 26.0 Å². The van der Waals surface area contributed by atoms with Crippen molar-refractivity contribution in [2.24, 2.45) is 0 Å². The Labute approximate surface area is 91.8 Å². The van der Waals surface area contributed by atoms with Crippen LogP contribution in [0.15, 0.2) is 18.2 Å². The molecule has 3 heteroatoms. The summed E-state index contributed by atoms with van der Waals surface area (Å²) in [4.78, 5) is 10.6. The van der Waals surface area contributed by atoms with Gasteiger partial charge >= 0.3 is 5.97 Å². The predicted octanol–water partition coefficient (Wildman–Crippen LogP) is 1.62. The Bertz CT molecular complexity index is 274. The molecule has 0 aromatic heterocycles. The number of aromatic carboxylic acids is 1. The van der Waals surface area contributed by atoms with E-state index in [1.165, 1.54) is 0 Å². The molecule has 1 N–H and O–H groups in total. The minimum atomic E-state index is -0.847. The number of carboxylic acid groups (broad SMARTS) is 1. The smallest absolute Gasteiger partial charge is 0.336 e. The summed E-state index contributed by atoms with van der Waals surface area (Å²) in [5.74, 6) is -0.847. The number of benzene rings is 1. The van der Waals surface area contributed by atoms with Crippen LogP contribution in [-0.4, -0.2) is 38.4 Å². The van der Waals surface area contributed by atoms with Gasteiger partial charge in [0.15, 0.2) is 0 Å². The molecule has 1 radical (unpaired) electrons. The second kappa shape index (κ2) is 4.59.